The van der Waals surface area contributed by atoms with E-state index in [4.69, 9.17) is 4.74 Å². The molecule has 150 valence electrons. The zero-order chi connectivity index (χ0) is 18.8. The molecule has 28 heavy (non-hydrogen) atoms. The van der Waals surface area contributed by atoms with E-state index in [9.17, 15) is 14.4 Å². The SMILES string of the molecule is CC1CNCCC12COc1c2ccc2c1CN(C1CCC(=O)NC1=O)C2=O.Cl. The molecule has 0 radical (unpaired) electrons. The molecule has 3 unspecified atom stereocenters. The molecular weight excluding hydrogens is 382 g/mol. The van der Waals surface area contributed by atoms with Gasteiger partial charge in [0.1, 0.15) is 11.8 Å². The van der Waals surface area contributed by atoms with Gasteiger partial charge in [-0.1, -0.05) is 13.0 Å². The van der Waals surface area contributed by atoms with Crippen LogP contribution in [0, 0.1) is 5.92 Å². The molecule has 0 bridgehead atoms. The first-order valence-corrected chi connectivity index (χ1v) is 9.66. The molecule has 1 spiro atoms. The van der Waals surface area contributed by atoms with Gasteiger partial charge in [0, 0.05) is 28.5 Å². The molecule has 0 saturated carbocycles. The van der Waals surface area contributed by atoms with Crippen LogP contribution in [0.2, 0.25) is 0 Å². The highest BCUT2D eigenvalue weighted by Crippen LogP contribution is 2.50. The Labute approximate surface area is 169 Å². The maximum atomic E-state index is 13.0. The molecule has 0 aromatic heterocycles. The standard InChI is InChI=1S/C20H23N3O4.ClH/c1-11-8-21-7-6-20(11)10-27-17-13-9-23(15-4-5-16(24)22-18(15)25)19(26)12(13)2-3-14(17)20;/h2-3,11,15,21H,4-10H2,1H3,(H,22,24,25);1H. The summed E-state index contributed by atoms with van der Waals surface area (Å²) in [6, 6.07) is 3.36. The van der Waals surface area contributed by atoms with Crippen LogP contribution in [-0.2, 0) is 21.5 Å². The van der Waals surface area contributed by atoms with Crippen molar-refractivity contribution in [1.29, 1.82) is 0 Å². The predicted octanol–water partition coefficient (Wildman–Crippen LogP) is 1.13. The van der Waals surface area contributed by atoms with Crippen LogP contribution < -0.4 is 15.4 Å². The largest absolute Gasteiger partial charge is 0.492 e. The van der Waals surface area contributed by atoms with Crippen LogP contribution in [0.15, 0.2) is 12.1 Å². The molecule has 4 heterocycles. The fourth-order valence-corrected chi connectivity index (χ4v) is 5.14. The molecular formula is C20H24ClN3O4. The molecule has 2 N–H and O–H groups in total. The highest BCUT2D eigenvalue weighted by molar-refractivity contribution is 6.05. The summed E-state index contributed by atoms with van der Waals surface area (Å²) in [4.78, 5) is 38.2. The number of halogens is 1. The van der Waals surface area contributed by atoms with Gasteiger partial charge in [-0.25, -0.2) is 0 Å². The quantitative estimate of drug-likeness (QED) is 0.684. The van der Waals surface area contributed by atoms with Crippen molar-refractivity contribution in [3.8, 4) is 5.75 Å². The smallest absolute Gasteiger partial charge is 0.255 e. The van der Waals surface area contributed by atoms with Gasteiger partial charge in [-0.3, -0.25) is 19.7 Å². The van der Waals surface area contributed by atoms with Gasteiger partial charge in [0.15, 0.2) is 0 Å². The third-order valence-corrected chi connectivity index (χ3v) is 6.82. The van der Waals surface area contributed by atoms with Crippen LogP contribution in [0.3, 0.4) is 0 Å². The van der Waals surface area contributed by atoms with Crippen molar-refractivity contribution in [3.05, 3.63) is 28.8 Å². The number of ether oxygens (including phenoxy) is 1. The lowest BCUT2D eigenvalue weighted by molar-refractivity contribution is -0.136. The summed E-state index contributed by atoms with van der Waals surface area (Å²) in [5.41, 5.74) is 2.72. The Bertz CT molecular complexity index is 873. The molecule has 5 rings (SSSR count). The fraction of sp³-hybridized carbons (Fsp3) is 0.550. The van der Waals surface area contributed by atoms with E-state index >= 15 is 0 Å². The number of imide groups is 1. The van der Waals surface area contributed by atoms with Gasteiger partial charge in [0.2, 0.25) is 11.8 Å². The Morgan fingerprint density at radius 1 is 1.25 bits per heavy atom. The topological polar surface area (TPSA) is 87.7 Å². The summed E-state index contributed by atoms with van der Waals surface area (Å²) < 4.78 is 6.17. The summed E-state index contributed by atoms with van der Waals surface area (Å²) in [7, 11) is 0. The number of rotatable bonds is 1. The van der Waals surface area contributed by atoms with Crippen molar-refractivity contribution in [2.75, 3.05) is 19.7 Å². The first-order chi connectivity index (χ1) is 13.0. The summed E-state index contributed by atoms with van der Waals surface area (Å²) in [5.74, 6) is 0.489. The van der Waals surface area contributed by atoms with Crippen LogP contribution in [0.25, 0.3) is 0 Å². The predicted molar refractivity (Wildman–Crippen MR) is 104 cm³/mol. The zero-order valence-corrected chi connectivity index (χ0v) is 16.6. The number of amides is 3. The highest BCUT2D eigenvalue weighted by atomic mass is 35.5. The number of carbonyl (C=O) groups excluding carboxylic acids is 3. The number of fused-ring (bicyclic) bond motifs is 4. The Morgan fingerprint density at radius 2 is 2.07 bits per heavy atom. The minimum absolute atomic E-state index is 0. The van der Waals surface area contributed by atoms with Crippen LogP contribution in [0.4, 0.5) is 0 Å². The molecule has 2 saturated heterocycles. The lowest BCUT2D eigenvalue weighted by atomic mass is 9.68. The first-order valence-electron chi connectivity index (χ1n) is 9.66. The van der Waals surface area contributed by atoms with Crippen molar-refractivity contribution >= 4 is 30.1 Å². The minimum Gasteiger partial charge on any atom is -0.492 e. The van der Waals surface area contributed by atoms with Crippen LogP contribution in [0.5, 0.6) is 5.75 Å². The first kappa shape index (κ1) is 19.2. The summed E-state index contributed by atoms with van der Waals surface area (Å²) in [6.45, 7) is 5.19. The number of carbonyl (C=O) groups is 3. The molecule has 8 heteroatoms. The van der Waals surface area contributed by atoms with Gasteiger partial charge >= 0.3 is 0 Å². The summed E-state index contributed by atoms with van der Waals surface area (Å²) >= 11 is 0. The Kier molecular flexibility index (Phi) is 4.62. The number of piperidine rings is 2. The van der Waals surface area contributed by atoms with Crippen molar-refractivity contribution in [2.24, 2.45) is 5.92 Å². The Balaban J connectivity index is 0.00000192. The second kappa shape index (κ2) is 6.74. The van der Waals surface area contributed by atoms with Gasteiger partial charge in [-0.2, -0.15) is 0 Å². The van der Waals surface area contributed by atoms with E-state index in [-0.39, 0.29) is 42.0 Å². The van der Waals surface area contributed by atoms with Gasteiger partial charge in [-0.15, -0.1) is 12.4 Å². The zero-order valence-electron chi connectivity index (χ0n) is 15.7. The molecule has 1 aromatic rings. The lowest BCUT2D eigenvalue weighted by Crippen LogP contribution is -2.52. The van der Waals surface area contributed by atoms with Crippen molar-refractivity contribution < 1.29 is 19.1 Å². The molecule has 2 fully saturated rings. The average molecular weight is 406 g/mol. The van der Waals surface area contributed by atoms with Gasteiger partial charge < -0.3 is 15.0 Å². The number of hydrogen-bond acceptors (Lipinski definition) is 5. The third-order valence-electron chi connectivity index (χ3n) is 6.82. The fourth-order valence-electron chi connectivity index (χ4n) is 5.14. The molecule has 4 aliphatic rings. The number of nitrogens with zero attached hydrogens (tertiary/aromatic N) is 1. The normalized spacial score (nSPS) is 31.2. The van der Waals surface area contributed by atoms with Crippen LogP contribution in [0.1, 0.15) is 47.7 Å². The third kappa shape index (κ3) is 2.56. The average Bonchev–Trinajstić information content (AvgIpc) is 3.17. The van der Waals surface area contributed by atoms with Crippen molar-refractivity contribution in [2.45, 2.75) is 44.2 Å². The summed E-state index contributed by atoms with van der Waals surface area (Å²) in [6.07, 6.45) is 1.66. The Morgan fingerprint density at radius 3 is 2.82 bits per heavy atom. The number of hydrogen-bond donors (Lipinski definition) is 2. The van der Waals surface area contributed by atoms with Gasteiger partial charge in [-0.05, 0) is 37.9 Å². The van der Waals surface area contributed by atoms with E-state index in [1.165, 1.54) is 5.56 Å². The molecule has 7 nitrogen and oxygen atoms in total. The molecule has 3 amide bonds. The van der Waals surface area contributed by atoms with Gasteiger partial charge in [0.05, 0.1) is 13.2 Å². The second-order valence-corrected chi connectivity index (χ2v) is 8.17. The van der Waals surface area contributed by atoms with Crippen LogP contribution in [-0.4, -0.2) is 48.4 Å². The monoisotopic (exact) mass is 405 g/mol. The maximum absolute atomic E-state index is 13.0. The van der Waals surface area contributed by atoms with E-state index in [0.29, 0.717) is 31.1 Å². The second-order valence-electron chi connectivity index (χ2n) is 8.17. The molecule has 3 atom stereocenters. The van der Waals surface area contributed by atoms with E-state index in [0.717, 1.165) is 30.8 Å². The highest BCUT2D eigenvalue weighted by Gasteiger charge is 2.49. The summed E-state index contributed by atoms with van der Waals surface area (Å²) in [5, 5.41) is 5.79. The molecule has 1 aromatic carbocycles. The number of nitrogens with one attached hydrogen (secondary N) is 2. The van der Waals surface area contributed by atoms with E-state index in [2.05, 4.69) is 23.6 Å². The van der Waals surface area contributed by atoms with E-state index in [1.807, 2.05) is 6.07 Å². The Hall–Kier alpha value is -2.12. The maximum Gasteiger partial charge on any atom is 0.255 e. The number of benzene rings is 1. The molecule has 0 aliphatic carbocycles. The van der Waals surface area contributed by atoms with Gasteiger partial charge in [0.25, 0.3) is 5.91 Å². The van der Waals surface area contributed by atoms with Crippen molar-refractivity contribution in [3.63, 3.8) is 0 Å². The van der Waals surface area contributed by atoms with Crippen LogP contribution >= 0.6 is 12.4 Å². The molecule has 4 aliphatic heterocycles. The minimum atomic E-state index is -0.591. The van der Waals surface area contributed by atoms with Crippen molar-refractivity contribution in [1.82, 2.24) is 15.5 Å². The van der Waals surface area contributed by atoms with E-state index in [1.54, 1.807) is 4.90 Å². The lowest BCUT2D eigenvalue weighted by Gasteiger charge is -2.39. The van der Waals surface area contributed by atoms with E-state index < -0.39 is 6.04 Å².